The molecule has 1 aromatic heterocycles. The van der Waals surface area contributed by atoms with E-state index in [2.05, 4.69) is 16.0 Å². The van der Waals surface area contributed by atoms with Gasteiger partial charge in [0.05, 0.1) is 0 Å². The van der Waals surface area contributed by atoms with Crippen LogP contribution in [0.1, 0.15) is 11.1 Å². The highest BCUT2D eigenvalue weighted by molar-refractivity contribution is 7.99. The molecule has 0 saturated carbocycles. The van der Waals surface area contributed by atoms with Gasteiger partial charge in [-0.15, -0.1) is 0 Å². The Bertz CT molecular complexity index is 550. The van der Waals surface area contributed by atoms with Crippen LogP contribution in [0.5, 0.6) is 0 Å². The number of hydrogen-bond donors (Lipinski definition) is 3. The summed E-state index contributed by atoms with van der Waals surface area (Å²) in [5.74, 6) is 0.751. The van der Waals surface area contributed by atoms with E-state index in [1.54, 1.807) is 0 Å². The van der Waals surface area contributed by atoms with Gasteiger partial charge in [0.1, 0.15) is 11.6 Å². The Kier molecular flexibility index (Phi) is 3.69. The Morgan fingerprint density at radius 2 is 1.78 bits per heavy atom. The molecule has 94 valence electrons. The first-order chi connectivity index (χ1) is 8.58. The number of hydrogen-bond acceptors (Lipinski definition) is 6. The zero-order valence-corrected chi connectivity index (χ0v) is 10.9. The van der Waals surface area contributed by atoms with Crippen LogP contribution in [0.4, 0.5) is 11.6 Å². The Hall–Kier alpha value is -1.79. The second kappa shape index (κ2) is 5.24. The lowest BCUT2D eigenvalue weighted by molar-refractivity contribution is 0.983. The standard InChI is InChI=1S/C12H15N5S/c1-7-4-9(3-2-8(7)6-13)18-12-16-10(14)5-11(15)17-12/h2-5H,6,13H2,1H3,(H4,14,15,16,17). The fraction of sp³-hybridized carbons (Fsp3) is 0.167. The number of nitrogens with two attached hydrogens (primary N) is 3. The zero-order chi connectivity index (χ0) is 13.1. The molecule has 6 N–H and O–H groups in total. The van der Waals surface area contributed by atoms with Crippen molar-refractivity contribution in [1.82, 2.24) is 9.97 Å². The van der Waals surface area contributed by atoms with Crippen molar-refractivity contribution in [2.75, 3.05) is 11.5 Å². The molecule has 0 aliphatic carbocycles. The van der Waals surface area contributed by atoms with E-state index in [-0.39, 0.29) is 0 Å². The number of nitrogen functional groups attached to an aromatic ring is 2. The third-order valence-corrected chi connectivity index (χ3v) is 3.34. The number of anilines is 2. The molecule has 1 aromatic carbocycles. The predicted molar refractivity (Wildman–Crippen MR) is 74.1 cm³/mol. The van der Waals surface area contributed by atoms with Gasteiger partial charge in [0, 0.05) is 17.5 Å². The summed E-state index contributed by atoms with van der Waals surface area (Å²) in [5.41, 5.74) is 19.2. The van der Waals surface area contributed by atoms with Crippen LogP contribution >= 0.6 is 11.8 Å². The van der Waals surface area contributed by atoms with Crippen LogP contribution in [-0.2, 0) is 6.54 Å². The Morgan fingerprint density at radius 1 is 1.11 bits per heavy atom. The van der Waals surface area contributed by atoms with Crippen molar-refractivity contribution in [3.63, 3.8) is 0 Å². The van der Waals surface area contributed by atoms with E-state index in [1.807, 2.05) is 19.1 Å². The predicted octanol–water partition coefficient (Wildman–Crippen LogP) is 1.56. The summed E-state index contributed by atoms with van der Waals surface area (Å²) in [5, 5.41) is 0.549. The van der Waals surface area contributed by atoms with Gasteiger partial charge in [-0.3, -0.25) is 0 Å². The fourth-order valence-electron chi connectivity index (χ4n) is 1.57. The number of benzene rings is 1. The summed E-state index contributed by atoms with van der Waals surface area (Å²) in [6.07, 6.45) is 0. The Morgan fingerprint density at radius 3 is 2.33 bits per heavy atom. The second-order valence-electron chi connectivity index (χ2n) is 3.89. The van der Waals surface area contributed by atoms with Crippen LogP contribution in [-0.4, -0.2) is 9.97 Å². The summed E-state index contributed by atoms with van der Waals surface area (Å²) >= 11 is 1.43. The number of aryl methyl sites for hydroxylation is 1. The minimum absolute atomic E-state index is 0.375. The maximum Gasteiger partial charge on any atom is 0.196 e. The van der Waals surface area contributed by atoms with Crippen molar-refractivity contribution in [3.8, 4) is 0 Å². The molecule has 0 fully saturated rings. The first kappa shape index (κ1) is 12.7. The normalized spacial score (nSPS) is 10.6. The van der Waals surface area contributed by atoms with E-state index in [4.69, 9.17) is 17.2 Å². The molecule has 5 nitrogen and oxygen atoms in total. The molecule has 1 heterocycles. The van der Waals surface area contributed by atoms with Crippen molar-refractivity contribution >= 4 is 23.4 Å². The van der Waals surface area contributed by atoms with Crippen molar-refractivity contribution in [3.05, 3.63) is 35.4 Å². The van der Waals surface area contributed by atoms with Crippen LogP contribution in [0.15, 0.2) is 34.3 Å². The molecule has 2 aromatic rings. The lowest BCUT2D eigenvalue weighted by Crippen LogP contribution is -2.00. The molecule has 6 heteroatoms. The summed E-state index contributed by atoms with van der Waals surface area (Å²) in [6, 6.07) is 7.58. The van der Waals surface area contributed by atoms with Gasteiger partial charge in [-0.1, -0.05) is 6.07 Å². The molecular formula is C12H15N5S. The molecule has 0 aliphatic rings. The molecule has 0 spiro atoms. The van der Waals surface area contributed by atoms with Crippen LogP contribution in [0.3, 0.4) is 0 Å². The molecular weight excluding hydrogens is 246 g/mol. The van der Waals surface area contributed by atoms with Crippen LogP contribution in [0.25, 0.3) is 0 Å². The number of aromatic nitrogens is 2. The summed E-state index contributed by atoms with van der Waals surface area (Å²) in [6.45, 7) is 2.57. The van der Waals surface area contributed by atoms with Crippen molar-refractivity contribution in [2.45, 2.75) is 23.5 Å². The van der Waals surface area contributed by atoms with Gasteiger partial charge in [-0.2, -0.15) is 0 Å². The third-order valence-electron chi connectivity index (χ3n) is 2.49. The summed E-state index contributed by atoms with van der Waals surface area (Å²) in [7, 11) is 0. The molecule has 18 heavy (non-hydrogen) atoms. The quantitative estimate of drug-likeness (QED) is 0.724. The van der Waals surface area contributed by atoms with Gasteiger partial charge in [-0.25, -0.2) is 9.97 Å². The van der Waals surface area contributed by atoms with E-state index in [0.29, 0.717) is 23.3 Å². The van der Waals surface area contributed by atoms with Gasteiger partial charge < -0.3 is 17.2 Å². The van der Waals surface area contributed by atoms with Gasteiger partial charge >= 0.3 is 0 Å². The van der Waals surface area contributed by atoms with Gasteiger partial charge in [0.2, 0.25) is 0 Å². The molecule has 0 aliphatic heterocycles. The van der Waals surface area contributed by atoms with Gasteiger partial charge in [0.15, 0.2) is 5.16 Å². The van der Waals surface area contributed by atoms with E-state index in [1.165, 1.54) is 17.8 Å². The maximum absolute atomic E-state index is 5.63. The first-order valence-corrected chi connectivity index (χ1v) is 6.27. The number of rotatable bonds is 3. The van der Waals surface area contributed by atoms with Gasteiger partial charge in [-0.05, 0) is 41.9 Å². The van der Waals surface area contributed by atoms with Crippen LogP contribution < -0.4 is 17.2 Å². The minimum atomic E-state index is 0.375. The van der Waals surface area contributed by atoms with Crippen molar-refractivity contribution in [1.29, 1.82) is 0 Å². The topological polar surface area (TPSA) is 104 Å². The molecule has 0 bridgehead atoms. The average molecular weight is 261 g/mol. The fourth-order valence-corrected chi connectivity index (χ4v) is 2.46. The molecule has 0 radical (unpaired) electrons. The van der Waals surface area contributed by atoms with Gasteiger partial charge in [0.25, 0.3) is 0 Å². The average Bonchev–Trinajstić information content (AvgIpc) is 2.27. The Balaban J connectivity index is 2.25. The molecule has 0 unspecified atom stereocenters. The maximum atomic E-state index is 5.63. The second-order valence-corrected chi connectivity index (χ2v) is 4.94. The highest BCUT2D eigenvalue weighted by Gasteiger charge is 2.05. The smallest absolute Gasteiger partial charge is 0.196 e. The van der Waals surface area contributed by atoms with E-state index < -0.39 is 0 Å². The van der Waals surface area contributed by atoms with Crippen molar-refractivity contribution < 1.29 is 0 Å². The lowest BCUT2D eigenvalue weighted by atomic mass is 10.1. The largest absolute Gasteiger partial charge is 0.383 e. The summed E-state index contributed by atoms with van der Waals surface area (Å²) in [4.78, 5) is 9.29. The molecule has 2 rings (SSSR count). The SMILES string of the molecule is Cc1cc(Sc2nc(N)cc(N)n2)ccc1CN. The highest BCUT2D eigenvalue weighted by atomic mass is 32.2. The minimum Gasteiger partial charge on any atom is -0.383 e. The molecule has 0 saturated heterocycles. The monoisotopic (exact) mass is 261 g/mol. The van der Waals surface area contributed by atoms with E-state index in [9.17, 15) is 0 Å². The highest BCUT2D eigenvalue weighted by Crippen LogP contribution is 2.27. The zero-order valence-electron chi connectivity index (χ0n) is 10.1. The summed E-state index contributed by atoms with van der Waals surface area (Å²) < 4.78 is 0. The van der Waals surface area contributed by atoms with E-state index in [0.717, 1.165) is 16.0 Å². The number of nitrogens with zero attached hydrogens (tertiary/aromatic N) is 2. The molecule has 0 atom stereocenters. The third kappa shape index (κ3) is 2.91. The van der Waals surface area contributed by atoms with Crippen LogP contribution in [0, 0.1) is 6.92 Å². The van der Waals surface area contributed by atoms with Crippen molar-refractivity contribution in [2.24, 2.45) is 5.73 Å². The van der Waals surface area contributed by atoms with E-state index >= 15 is 0 Å². The lowest BCUT2D eigenvalue weighted by Gasteiger charge is -2.06. The Labute approximate surface area is 110 Å². The first-order valence-electron chi connectivity index (χ1n) is 5.46. The molecule has 0 amide bonds. The van der Waals surface area contributed by atoms with Crippen LogP contribution in [0.2, 0.25) is 0 Å².